The van der Waals surface area contributed by atoms with Crippen molar-refractivity contribution in [2.75, 3.05) is 0 Å². The average molecular weight is 456 g/mol. The molecule has 0 aliphatic heterocycles. The van der Waals surface area contributed by atoms with Crippen LogP contribution >= 0.6 is 0 Å². The van der Waals surface area contributed by atoms with Gasteiger partial charge in [-0.1, -0.05) is 75.7 Å². The summed E-state index contributed by atoms with van der Waals surface area (Å²) in [7, 11) is 0. The van der Waals surface area contributed by atoms with Crippen LogP contribution in [-0.4, -0.2) is 20.7 Å². The number of nitrogens with zero attached hydrogens (tertiary/aromatic N) is 1. The van der Waals surface area contributed by atoms with Gasteiger partial charge in [-0.2, -0.15) is 4.57 Å². The number of aromatic nitrogens is 1. The average Bonchev–Trinajstić information content (AvgIpc) is 2.87. The van der Waals surface area contributed by atoms with E-state index in [-0.39, 0.29) is 21.6 Å². The summed E-state index contributed by atoms with van der Waals surface area (Å²) in [6.07, 6.45) is 1.02. The van der Waals surface area contributed by atoms with Crippen LogP contribution < -0.4 is 8.36 Å². The number of para-hydroxylation sites is 1. The fourth-order valence-corrected chi connectivity index (χ4v) is 5.28. The summed E-state index contributed by atoms with van der Waals surface area (Å²) in [4.78, 5) is 0. The lowest BCUT2D eigenvalue weighted by Crippen LogP contribution is -2.45. The molecule has 1 radical (unpaired) electrons. The largest absolute Gasteiger partial charge is 0.648 e. The topological polar surface area (TPSA) is 33.3 Å². The molecule has 169 valence electrons. The second-order valence-corrected chi connectivity index (χ2v) is 9.38. The van der Waals surface area contributed by atoms with Gasteiger partial charge < -0.3 is 8.90 Å². The number of pyridine rings is 1. The predicted octanol–water partition coefficient (Wildman–Crippen LogP) is 7.29. The first-order valence-electron chi connectivity index (χ1n) is 11.9. The van der Waals surface area contributed by atoms with Crippen LogP contribution in [-0.2, 0) is 0 Å². The number of phenolic OH excluding ortho intramolecular Hbond substituents is 1. The van der Waals surface area contributed by atoms with E-state index >= 15 is 0 Å². The third-order valence-corrected chi connectivity index (χ3v) is 7.80. The quantitative estimate of drug-likeness (QED) is 0.234. The number of aromatic hydroxyl groups is 1. The van der Waals surface area contributed by atoms with Crippen molar-refractivity contribution in [3.8, 4) is 22.6 Å². The SMILES string of the molecule is CC.CC[CH]([Al][O]c1ccc(-c2ccccc2)cc1)C(C)[n+]1c(C)ccc2cccc(O)c21. The molecule has 1 aromatic heterocycles. The van der Waals surface area contributed by atoms with Crippen molar-refractivity contribution in [1.29, 1.82) is 0 Å². The summed E-state index contributed by atoms with van der Waals surface area (Å²) in [5.41, 5.74) is 4.46. The van der Waals surface area contributed by atoms with Gasteiger partial charge >= 0.3 is 15.6 Å². The highest BCUT2D eigenvalue weighted by Gasteiger charge is 2.31. The van der Waals surface area contributed by atoms with Crippen molar-refractivity contribution in [2.45, 2.75) is 51.9 Å². The van der Waals surface area contributed by atoms with Crippen LogP contribution in [0.5, 0.6) is 11.5 Å². The van der Waals surface area contributed by atoms with E-state index in [2.05, 4.69) is 92.1 Å². The smallest absolute Gasteiger partial charge is 0.534 e. The van der Waals surface area contributed by atoms with Crippen LogP contribution in [0.4, 0.5) is 0 Å². The van der Waals surface area contributed by atoms with E-state index in [1.807, 2.05) is 26.0 Å². The van der Waals surface area contributed by atoms with E-state index in [4.69, 9.17) is 3.79 Å². The molecule has 4 heteroatoms. The first-order chi connectivity index (χ1) is 16.1. The van der Waals surface area contributed by atoms with Gasteiger partial charge in [-0.05, 0) is 48.4 Å². The molecule has 0 saturated carbocycles. The molecule has 4 aromatic rings. The first kappa shape index (κ1) is 24.8. The first-order valence-corrected chi connectivity index (χ1v) is 13.0. The van der Waals surface area contributed by atoms with Gasteiger partial charge in [-0.25, -0.2) is 0 Å². The van der Waals surface area contributed by atoms with E-state index in [9.17, 15) is 5.11 Å². The van der Waals surface area contributed by atoms with Crippen molar-refractivity contribution in [1.82, 2.24) is 0 Å². The molecular weight excluding hydrogens is 421 g/mol. The molecule has 0 bridgehead atoms. The Hall–Kier alpha value is -2.80. The molecular formula is C29H34AlNO2+. The molecule has 0 amide bonds. The van der Waals surface area contributed by atoms with Gasteiger partial charge in [-0.15, -0.1) is 0 Å². The van der Waals surface area contributed by atoms with Crippen molar-refractivity contribution < 1.29 is 13.5 Å². The predicted molar refractivity (Wildman–Crippen MR) is 139 cm³/mol. The van der Waals surface area contributed by atoms with E-state index in [0.29, 0.717) is 10.5 Å². The second-order valence-electron chi connectivity index (χ2n) is 8.02. The number of fused-ring (bicyclic) bond motifs is 1. The summed E-state index contributed by atoms with van der Waals surface area (Å²) in [6, 6.07) is 28.9. The third kappa shape index (κ3) is 5.77. The summed E-state index contributed by atoms with van der Waals surface area (Å²) < 4.78 is 8.95. The Labute approximate surface area is 204 Å². The molecule has 2 unspecified atom stereocenters. The van der Waals surface area contributed by atoms with E-state index < -0.39 is 0 Å². The number of phenols is 1. The maximum Gasteiger partial charge on any atom is 0.534 e. The normalized spacial score (nSPS) is 12.4. The molecule has 0 fully saturated rings. The number of hydrogen-bond acceptors (Lipinski definition) is 2. The molecule has 0 aliphatic carbocycles. The van der Waals surface area contributed by atoms with Gasteiger partial charge in [0.1, 0.15) is 6.04 Å². The lowest BCUT2D eigenvalue weighted by molar-refractivity contribution is -0.701. The number of hydrogen-bond donors (Lipinski definition) is 1. The Balaban J connectivity index is 0.00000149. The number of rotatable bonds is 7. The second kappa shape index (κ2) is 11.9. The van der Waals surface area contributed by atoms with Gasteiger partial charge in [0.05, 0.1) is 11.1 Å². The van der Waals surface area contributed by atoms with Gasteiger partial charge in [0.15, 0.2) is 11.4 Å². The van der Waals surface area contributed by atoms with Crippen molar-refractivity contribution in [3.05, 3.63) is 90.6 Å². The molecule has 2 atom stereocenters. The molecule has 1 N–H and O–H groups in total. The zero-order valence-corrected chi connectivity index (χ0v) is 21.5. The highest BCUT2D eigenvalue weighted by Crippen LogP contribution is 2.29. The Kier molecular flexibility index (Phi) is 8.95. The molecule has 1 heterocycles. The zero-order chi connectivity index (χ0) is 23.8. The standard InChI is InChI=1S/C15H18NO.C12H10O.C2H6.Al/c1-4-6-11(2)16-12(3)9-10-13-7-5-8-14(17)15(13)16;13-12-8-6-11(7-9-12)10-4-2-1-3-5-10;1-2;/h5-11H,4H2,1-3H3;1-9,13H;1-2H3;/q;;;+1. The van der Waals surface area contributed by atoms with Crippen LogP contribution in [0.3, 0.4) is 0 Å². The molecule has 0 spiro atoms. The van der Waals surface area contributed by atoms with Crippen LogP contribution in [0.15, 0.2) is 84.9 Å². The Bertz CT molecular complexity index is 1160. The van der Waals surface area contributed by atoms with Crippen molar-refractivity contribution >= 4 is 26.5 Å². The molecule has 3 aromatic carbocycles. The van der Waals surface area contributed by atoms with Crippen LogP contribution in [0, 0.1) is 6.92 Å². The van der Waals surface area contributed by atoms with Crippen LogP contribution in [0.25, 0.3) is 22.0 Å². The van der Waals surface area contributed by atoms with E-state index in [1.54, 1.807) is 6.07 Å². The fraction of sp³-hybridized carbons (Fsp3) is 0.276. The van der Waals surface area contributed by atoms with Crippen LogP contribution in [0.2, 0.25) is 4.78 Å². The van der Waals surface area contributed by atoms with Crippen molar-refractivity contribution in [2.24, 2.45) is 0 Å². The van der Waals surface area contributed by atoms with Gasteiger partial charge in [0.25, 0.3) is 5.52 Å². The number of benzene rings is 3. The van der Waals surface area contributed by atoms with Gasteiger partial charge in [0.2, 0.25) is 0 Å². The third-order valence-electron chi connectivity index (χ3n) is 6.01. The number of aryl methyl sites for hydroxylation is 1. The van der Waals surface area contributed by atoms with Crippen LogP contribution in [0.1, 0.15) is 45.9 Å². The summed E-state index contributed by atoms with van der Waals surface area (Å²) in [5, 5.41) is 11.6. The van der Waals surface area contributed by atoms with E-state index in [1.165, 1.54) is 11.1 Å². The van der Waals surface area contributed by atoms with Gasteiger partial charge in [0, 0.05) is 17.8 Å². The fourth-order valence-electron chi connectivity index (χ4n) is 4.20. The molecule has 33 heavy (non-hydrogen) atoms. The summed E-state index contributed by atoms with van der Waals surface area (Å²) >= 11 is -0.252. The minimum atomic E-state index is -0.252. The zero-order valence-electron chi connectivity index (χ0n) is 20.3. The van der Waals surface area contributed by atoms with Crippen molar-refractivity contribution in [3.63, 3.8) is 0 Å². The maximum atomic E-state index is 10.6. The molecule has 4 rings (SSSR count). The van der Waals surface area contributed by atoms with Gasteiger partial charge in [-0.3, -0.25) is 0 Å². The molecule has 0 saturated heterocycles. The molecule has 3 nitrogen and oxygen atoms in total. The monoisotopic (exact) mass is 455 g/mol. The highest BCUT2D eigenvalue weighted by molar-refractivity contribution is 6.30. The minimum Gasteiger partial charge on any atom is -0.648 e. The Morgan fingerprint density at radius 3 is 2.18 bits per heavy atom. The summed E-state index contributed by atoms with van der Waals surface area (Å²) in [5.74, 6) is 1.25. The minimum absolute atomic E-state index is 0.223. The Morgan fingerprint density at radius 1 is 0.848 bits per heavy atom. The van der Waals surface area contributed by atoms with E-state index in [0.717, 1.165) is 28.8 Å². The lowest BCUT2D eigenvalue weighted by atomic mass is 10.1. The lowest BCUT2D eigenvalue weighted by Gasteiger charge is -2.20. The Morgan fingerprint density at radius 2 is 1.52 bits per heavy atom. The summed E-state index contributed by atoms with van der Waals surface area (Å²) in [6.45, 7) is 10.6. The highest BCUT2D eigenvalue weighted by atomic mass is 27.1. The maximum absolute atomic E-state index is 10.6. The molecule has 0 aliphatic rings.